The first-order valence-corrected chi connectivity index (χ1v) is 3.66. The first kappa shape index (κ1) is 9.04. The van der Waals surface area contributed by atoms with Gasteiger partial charge in [0.1, 0.15) is 0 Å². The molecule has 0 radical (unpaired) electrons. The maximum absolute atomic E-state index is 12.1. The summed E-state index contributed by atoms with van der Waals surface area (Å²) >= 11 is 0. The first-order valence-electron chi connectivity index (χ1n) is 3.66. The van der Waals surface area contributed by atoms with Crippen LogP contribution < -0.4 is 10.4 Å². The Morgan fingerprint density at radius 3 is 1.92 bits per heavy atom. The van der Waals surface area contributed by atoms with Crippen LogP contribution in [0.1, 0.15) is 0 Å². The maximum atomic E-state index is 12.1. The van der Waals surface area contributed by atoms with Crippen LogP contribution >= 0.6 is 0 Å². The van der Waals surface area contributed by atoms with E-state index in [1.807, 2.05) is 19.0 Å². The van der Waals surface area contributed by atoms with E-state index in [0.717, 1.165) is 5.69 Å². The molecule has 0 fully saturated rings. The lowest BCUT2D eigenvalue weighted by molar-refractivity contribution is 0.685. The molecule has 0 atom stereocenters. The van der Waals surface area contributed by atoms with Crippen LogP contribution in [0.2, 0.25) is 0 Å². The standard InChI is InChI=1S/C8H10BF2N/c1-12(2)8-5-3-7(4-6-8)9(10)11/h3-6H,1-2H3. The van der Waals surface area contributed by atoms with Crippen molar-refractivity contribution >= 4 is 18.4 Å². The minimum absolute atomic E-state index is 0.0700. The summed E-state index contributed by atoms with van der Waals surface area (Å²) in [5.41, 5.74) is 1.00. The van der Waals surface area contributed by atoms with Gasteiger partial charge in [-0.1, -0.05) is 12.1 Å². The topological polar surface area (TPSA) is 3.24 Å². The molecule has 0 saturated carbocycles. The summed E-state index contributed by atoms with van der Waals surface area (Å²) in [4.78, 5) is 1.87. The van der Waals surface area contributed by atoms with E-state index in [9.17, 15) is 8.63 Å². The largest absolute Gasteiger partial charge is 0.571 e. The van der Waals surface area contributed by atoms with E-state index < -0.39 is 7.27 Å². The van der Waals surface area contributed by atoms with Gasteiger partial charge in [-0.15, -0.1) is 0 Å². The molecule has 1 nitrogen and oxygen atoms in total. The number of rotatable bonds is 2. The summed E-state index contributed by atoms with van der Waals surface area (Å²) in [5, 5.41) is 0. The van der Waals surface area contributed by atoms with E-state index in [1.165, 1.54) is 12.1 Å². The third-order valence-electron chi connectivity index (χ3n) is 1.66. The molecular weight excluding hydrogens is 159 g/mol. The SMILES string of the molecule is CN(C)c1ccc(B(F)F)cc1. The molecule has 12 heavy (non-hydrogen) atoms. The third-order valence-corrected chi connectivity index (χ3v) is 1.66. The predicted molar refractivity (Wildman–Crippen MR) is 48.4 cm³/mol. The molecule has 4 heteroatoms. The van der Waals surface area contributed by atoms with Gasteiger partial charge in [0.25, 0.3) is 0 Å². The monoisotopic (exact) mass is 169 g/mol. The smallest absolute Gasteiger partial charge is 0.378 e. The van der Waals surface area contributed by atoms with Crippen molar-refractivity contribution in [2.24, 2.45) is 0 Å². The van der Waals surface area contributed by atoms with Crippen LogP contribution in [0.15, 0.2) is 24.3 Å². The molecule has 0 bridgehead atoms. The van der Waals surface area contributed by atoms with Crippen LogP contribution in [-0.2, 0) is 0 Å². The van der Waals surface area contributed by atoms with Gasteiger partial charge in [-0.05, 0) is 17.6 Å². The van der Waals surface area contributed by atoms with Crippen molar-refractivity contribution in [2.45, 2.75) is 0 Å². The number of nitrogens with zero attached hydrogens (tertiary/aromatic N) is 1. The molecule has 1 aromatic carbocycles. The second-order valence-electron chi connectivity index (χ2n) is 2.79. The van der Waals surface area contributed by atoms with Gasteiger partial charge in [0.05, 0.1) is 0 Å². The molecular formula is C8H10BF2N. The van der Waals surface area contributed by atoms with E-state index in [0.29, 0.717) is 0 Å². The number of anilines is 1. The molecule has 64 valence electrons. The third kappa shape index (κ3) is 1.97. The first-order chi connectivity index (χ1) is 5.61. The Kier molecular flexibility index (Phi) is 2.68. The van der Waals surface area contributed by atoms with E-state index in [1.54, 1.807) is 12.1 Å². The van der Waals surface area contributed by atoms with Crippen LogP contribution in [0.5, 0.6) is 0 Å². The van der Waals surface area contributed by atoms with E-state index in [2.05, 4.69) is 0 Å². The van der Waals surface area contributed by atoms with Gasteiger partial charge in [-0.25, -0.2) is 0 Å². The number of benzene rings is 1. The predicted octanol–water partition coefficient (Wildman–Crippen LogP) is 1.39. The highest BCUT2D eigenvalue weighted by Crippen LogP contribution is 2.07. The second kappa shape index (κ2) is 3.56. The van der Waals surface area contributed by atoms with Gasteiger partial charge >= 0.3 is 7.27 Å². The Balaban J connectivity index is 2.86. The van der Waals surface area contributed by atoms with E-state index in [-0.39, 0.29) is 5.46 Å². The Labute approximate surface area is 71.2 Å². The molecule has 0 amide bonds. The van der Waals surface area contributed by atoms with E-state index >= 15 is 0 Å². The van der Waals surface area contributed by atoms with Crippen molar-refractivity contribution in [1.29, 1.82) is 0 Å². The highest BCUT2D eigenvalue weighted by Gasteiger charge is 2.14. The molecule has 1 aromatic rings. The minimum atomic E-state index is -2.37. The Morgan fingerprint density at radius 1 is 1.08 bits per heavy atom. The molecule has 0 aliphatic heterocycles. The van der Waals surface area contributed by atoms with Gasteiger partial charge in [0.2, 0.25) is 0 Å². The average Bonchev–Trinajstić information content (AvgIpc) is 2.04. The highest BCUT2D eigenvalue weighted by atomic mass is 19.2. The minimum Gasteiger partial charge on any atom is -0.378 e. The van der Waals surface area contributed by atoms with Crippen molar-refractivity contribution in [3.63, 3.8) is 0 Å². The van der Waals surface area contributed by atoms with Gasteiger partial charge in [-0.3, -0.25) is 8.63 Å². The highest BCUT2D eigenvalue weighted by molar-refractivity contribution is 6.59. The van der Waals surface area contributed by atoms with Gasteiger partial charge in [-0.2, -0.15) is 0 Å². The summed E-state index contributed by atoms with van der Waals surface area (Å²) in [5.74, 6) is 0. The molecule has 0 aliphatic carbocycles. The Morgan fingerprint density at radius 2 is 1.58 bits per heavy atom. The zero-order valence-electron chi connectivity index (χ0n) is 7.09. The van der Waals surface area contributed by atoms with Crippen LogP contribution in [0, 0.1) is 0 Å². The average molecular weight is 169 g/mol. The lowest BCUT2D eigenvalue weighted by Crippen LogP contribution is -2.20. The van der Waals surface area contributed by atoms with Crippen LogP contribution in [0.3, 0.4) is 0 Å². The molecule has 0 aromatic heterocycles. The van der Waals surface area contributed by atoms with Crippen molar-refractivity contribution in [3.8, 4) is 0 Å². The summed E-state index contributed by atoms with van der Waals surface area (Å²) in [7, 11) is 1.37. The molecule has 1 rings (SSSR count). The van der Waals surface area contributed by atoms with Gasteiger partial charge in [0.15, 0.2) is 0 Å². The fourth-order valence-electron chi connectivity index (χ4n) is 0.918. The summed E-state index contributed by atoms with van der Waals surface area (Å²) in [6.45, 7) is 0. The number of hydrogen-bond acceptors (Lipinski definition) is 1. The van der Waals surface area contributed by atoms with Crippen molar-refractivity contribution in [2.75, 3.05) is 19.0 Å². The number of hydrogen-bond donors (Lipinski definition) is 0. The summed E-state index contributed by atoms with van der Waals surface area (Å²) in [6.07, 6.45) is 0. The summed E-state index contributed by atoms with van der Waals surface area (Å²) < 4.78 is 24.2. The normalized spacial score (nSPS) is 9.67. The van der Waals surface area contributed by atoms with Crippen LogP contribution in [0.25, 0.3) is 0 Å². The quantitative estimate of drug-likeness (QED) is 0.604. The molecule has 0 N–H and O–H groups in total. The van der Waals surface area contributed by atoms with Gasteiger partial charge < -0.3 is 4.90 Å². The fourth-order valence-corrected chi connectivity index (χ4v) is 0.918. The zero-order chi connectivity index (χ0) is 9.14. The van der Waals surface area contributed by atoms with Crippen molar-refractivity contribution < 1.29 is 8.63 Å². The fraction of sp³-hybridized carbons (Fsp3) is 0.250. The summed E-state index contributed by atoms with van der Waals surface area (Å²) in [6, 6.07) is 6.25. The van der Waals surface area contributed by atoms with Crippen LogP contribution in [-0.4, -0.2) is 21.4 Å². The molecule has 0 heterocycles. The lowest BCUT2D eigenvalue weighted by atomic mass is 9.86. The Bertz CT molecular complexity index is 219. The maximum Gasteiger partial charge on any atom is 0.571 e. The van der Waals surface area contributed by atoms with Crippen LogP contribution in [0.4, 0.5) is 14.3 Å². The number of halogens is 2. The lowest BCUT2D eigenvalue weighted by Gasteiger charge is -2.11. The molecule has 0 aliphatic rings. The molecule has 0 spiro atoms. The van der Waals surface area contributed by atoms with Gasteiger partial charge in [0, 0.05) is 19.8 Å². The second-order valence-corrected chi connectivity index (χ2v) is 2.79. The molecule has 0 saturated heterocycles. The molecule has 0 unspecified atom stereocenters. The van der Waals surface area contributed by atoms with Crippen molar-refractivity contribution in [1.82, 2.24) is 0 Å². The Hall–Kier alpha value is -1.06. The zero-order valence-corrected chi connectivity index (χ0v) is 7.09. The van der Waals surface area contributed by atoms with E-state index in [4.69, 9.17) is 0 Å². The van der Waals surface area contributed by atoms with Crippen molar-refractivity contribution in [3.05, 3.63) is 24.3 Å².